The first-order chi connectivity index (χ1) is 10.6. The predicted molar refractivity (Wildman–Crippen MR) is 80.2 cm³/mol. The summed E-state index contributed by atoms with van der Waals surface area (Å²) in [5, 5.41) is 9.09. The van der Waals surface area contributed by atoms with Crippen LogP contribution in [0.1, 0.15) is 42.8 Å². The molecule has 1 atom stereocenters. The molecule has 6 heteroatoms. The lowest BCUT2D eigenvalue weighted by molar-refractivity contribution is -0.131. The Morgan fingerprint density at radius 2 is 2.18 bits per heavy atom. The lowest BCUT2D eigenvalue weighted by Gasteiger charge is -2.32. The molecule has 0 radical (unpaired) electrons. The molecule has 2 aromatic heterocycles. The molecule has 0 aromatic carbocycles. The number of rotatable bonds is 0. The number of hydrogen-bond acceptors (Lipinski definition) is 4. The minimum absolute atomic E-state index is 0.114. The molecule has 116 valence electrons. The second-order valence-corrected chi connectivity index (χ2v) is 6.37. The number of hydrogen-bond donors (Lipinski definition) is 0. The van der Waals surface area contributed by atoms with E-state index in [1.807, 2.05) is 11.8 Å². The van der Waals surface area contributed by atoms with E-state index >= 15 is 0 Å². The molecule has 6 nitrogen and oxygen atoms in total. The van der Waals surface area contributed by atoms with Crippen molar-refractivity contribution >= 4 is 5.91 Å². The molecular weight excluding hydrogens is 280 g/mol. The number of amides is 1. The van der Waals surface area contributed by atoms with Gasteiger partial charge in [-0.25, -0.2) is 0 Å². The molecule has 0 saturated heterocycles. The van der Waals surface area contributed by atoms with Crippen molar-refractivity contribution in [1.29, 1.82) is 0 Å². The van der Waals surface area contributed by atoms with Crippen LogP contribution in [-0.4, -0.2) is 31.8 Å². The zero-order valence-corrected chi connectivity index (χ0v) is 13.2. The minimum Gasteiger partial charge on any atom is -0.361 e. The summed E-state index contributed by atoms with van der Waals surface area (Å²) in [6, 6.07) is 0.197. The number of carbonyl (C=O) groups excluding carboxylic acids is 1. The summed E-state index contributed by atoms with van der Waals surface area (Å²) in [5.74, 6) is 1.01. The van der Waals surface area contributed by atoms with E-state index in [1.54, 1.807) is 6.92 Å². The van der Waals surface area contributed by atoms with Crippen molar-refractivity contribution in [3.8, 4) is 11.4 Å². The Balaban J connectivity index is 1.89. The van der Waals surface area contributed by atoms with Crippen LogP contribution < -0.4 is 0 Å². The quantitative estimate of drug-likeness (QED) is 0.747. The van der Waals surface area contributed by atoms with Crippen LogP contribution in [0.5, 0.6) is 0 Å². The predicted octanol–water partition coefficient (Wildman–Crippen LogP) is 2.09. The number of nitrogens with zero attached hydrogens (tertiary/aromatic N) is 4. The molecule has 0 fully saturated rings. The average Bonchev–Trinajstić information content (AvgIpc) is 2.92. The van der Waals surface area contributed by atoms with Crippen molar-refractivity contribution in [2.45, 2.75) is 59.2 Å². The van der Waals surface area contributed by atoms with E-state index in [9.17, 15) is 4.79 Å². The van der Waals surface area contributed by atoms with Gasteiger partial charge in [-0.05, 0) is 26.7 Å². The fraction of sp³-hybridized carbons (Fsp3) is 0.562. The molecule has 2 aromatic rings. The van der Waals surface area contributed by atoms with E-state index in [0.29, 0.717) is 6.54 Å². The zero-order chi connectivity index (χ0) is 15.4. The van der Waals surface area contributed by atoms with E-state index in [0.717, 1.165) is 54.2 Å². The molecule has 1 unspecified atom stereocenters. The summed E-state index contributed by atoms with van der Waals surface area (Å²) >= 11 is 0. The fourth-order valence-electron chi connectivity index (χ4n) is 3.72. The molecule has 0 saturated carbocycles. The van der Waals surface area contributed by atoms with E-state index in [4.69, 9.17) is 9.62 Å². The van der Waals surface area contributed by atoms with Crippen LogP contribution in [-0.2, 0) is 30.7 Å². The maximum absolute atomic E-state index is 11.9. The van der Waals surface area contributed by atoms with Gasteiger partial charge in [0.05, 0.1) is 11.4 Å². The highest BCUT2D eigenvalue weighted by molar-refractivity contribution is 5.75. The second-order valence-electron chi connectivity index (χ2n) is 6.37. The fourth-order valence-corrected chi connectivity index (χ4v) is 3.72. The molecule has 0 N–H and O–H groups in total. The van der Waals surface area contributed by atoms with Crippen LogP contribution in [0.3, 0.4) is 0 Å². The lowest BCUT2D eigenvalue weighted by atomic mass is 9.97. The molecule has 2 aliphatic heterocycles. The van der Waals surface area contributed by atoms with Crippen LogP contribution in [0.2, 0.25) is 0 Å². The molecular formula is C16H20N4O2. The van der Waals surface area contributed by atoms with Crippen LogP contribution in [0, 0.1) is 6.92 Å². The van der Waals surface area contributed by atoms with Gasteiger partial charge in [-0.15, -0.1) is 0 Å². The third kappa shape index (κ3) is 1.82. The molecule has 2 aliphatic rings. The van der Waals surface area contributed by atoms with E-state index in [2.05, 4.69) is 16.8 Å². The molecule has 0 bridgehead atoms. The number of aryl methyl sites for hydroxylation is 2. The zero-order valence-electron chi connectivity index (χ0n) is 13.2. The summed E-state index contributed by atoms with van der Waals surface area (Å²) in [4.78, 5) is 13.8. The van der Waals surface area contributed by atoms with Gasteiger partial charge >= 0.3 is 0 Å². The second kappa shape index (κ2) is 4.69. The monoisotopic (exact) mass is 300 g/mol. The summed E-state index contributed by atoms with van der Waals surface area (Å²) in [7, 11) is 0. The Bertz CT molecular complexity index is 759. The maximum atomic E-state index is 11.9. The van der Waals surface area contributed by atoms with Gasteiger partial charge in [0.15, 0.2) is 0 Å². The van der Waals surface area contributed by atoms with Gasteiger partial charge in [0.25, 0.3) is 0 Å². The highest BCUT2D eigenvalue weighted by Crippen LogP contribution is 2.36. The Kier molecular flexibility index (Phi) is 2.89. The van der Waals surface area contributed by atoms with Crippen molar-refractivity contribution in [3.05, 3.63) is 22.6 Å². The standard InChI is InChI=1S/C16H20N4O2/c1-9-7-14-13(8-19(9)11(3)21)16-15-12(10(2)22-18-15)5-4-6-20(16)17-14/h9H,4-8H2,1-3H3. The minimum atomic E-state index is 0.114. The van der Waals surface area contributed by atoms with Crippen molar-refractivity contribution in [2.24, 2.45) is 0 Å². The van der Waals surface area contributed by atoms with Gasteiger partial charge < -0.3 is 9.42 Å². The van der Waals surface area contributed by atoms with Gasteiger partial charge in [0.1, 0.15) is 11.5 Å². The Labute approximate surface area is 129 Å². The van der Waals surface area contributed by atoms with Gasteiger partial charge in [0.2, 0.25) is 5.91 Å². The van der Waals surface area contributed by atoms with Crippen molar-refractivity contribution < 1.29 is 9.32 Å². The normalized spacial score (nSPS) is 20.1. The molecule has 22 heavy (non-hydrogen) atoms. The number of carbonyl (C=O) groups is 1. The third-order valence-corrected chi connectivity index (χ3v) is 4.89. The molecule has 0 spiro atoms. The molecule has 4 rings (SSSR count). The SMILES string of the molecule is CC(=O)N1Cc2c(nn3c2-c2noc(C)c2CCC3)CC1C. The van der Waals surface area contributed by atoms with Gasteiger partial charge in [0, 0.05) is 43.6 Å². The molecule has 0 aliphatic carbocycles. The first-order valence-electron chi connectivity index (χ1n) is 7.87. The summed E-state index contributed by atoms with van der Waals surface area (Å²) in [5.41, 5.74) is 5.41. The summed E-state index contributed by atoms with van der Waals surface area (Å²) < 4.78 is 7.48. The van der Waals surface area contributed by atoms with E-state index in [1.165, 1.54) is 5.56 Å². The van der Waals surface area contributed by atoms with Crippen LogP contribution in [0.25, 0.3) is 11.4 Å². The van der Waals surface area contributed by atoms with E-state index < -0.39 is 0 Å². The van der Waals surface area contributed by atoms with Gasteiger partial charge in [-0.2, -0.15) is 5.10 Å². The number of fused-ring (bicyclic) bond motifs is 5. The van der Waals surface area contributed by atoms with Crippen LogP contribution in [0.4, 0.5) is 0 Å². The Morgan fingerprint density at radius 3 is 2.95 bits per heavy atom. The molecule has 4 heterocycles. The average molecular weight is 300 g/mol. The van der Waals surface area contributed by atoms with Gasteiger partial charge in [-0.3, -0.25) is 9.48 Å². The third-order valence-electron chi connectivity index (χ3n) is 4.89. The van der Waals surface area contributed by atoms with Crippen LogP contribution >= 0.6 is 0 Å². The smallest absolute Gasteiger partial charge is 0.219 e. The summed E-state index contributed by atoms with van der Waals surface area (Å²) in [6.45, 7) is 7.20. The van der Waals surface area contributed by atoms with Crippen molar-refractivity contribution in [1.82, 2.24) is 19.8 Å². The van der Waals surface area contributed by atoms with Crippen molar-refractivity contribution in [3.63, 3.8) is 0 Å². The van der Waals surface area contributed by atoms with Crippen molar-refractivity contribution in [2.75, 3.05) is 0 Å². The Hall–Kier alpha value is -2.11. The largest absolute Gasteiger partial charge is 0.361 e. The van der Waals surface area contributed by atoms with Gasteiger partial charge in [-0.1, -0.05) is 5.16 Å². The highest BCUT2D eigenvalue weighted by atomic mass is 16.5. The topological polar surface area (TPSA) is 64.2 Å². The highest BCUT2D eigenvalue weighted by Gasteiger charge is 2.33. The first kappa shape index (κ1) is 13.5. The lowest BCUT2D eigenvalue weighted by Crippen LogP contribution is -2.41. The van der Waals surface area contributed by atoms with Crippen LogP contribution in [0.15, 0.2) is 4.52 Å². The summed E-state index contributed by atoms with van der Waals surface area (Å²) in [6.07, 6.45) is 2.81. The maximum Gasteiger partial charge on any atom is 0.219 e. The number of aromatic nitrogens is 3. The molecule has 1 amide bonds. The Morgan fingerprint density at radius 1 is 1.36 bits per heavy atom. The first-order valence-corrected chi connectivity index (χ1v) is 7.87. The van der Waals surface area contributed by atoms with E-state index in [-0.39, 0.29) is 11.9 Å².